The van der Waals surface area contributed by atoms with Crippen LogP contribution in [0, 0.1) is 0 Å². The molecule has 0 unspecified atom stereocenters. The first-order chi connectivity index (χ1) is 16.7. The van der Waals surface area contributed by atoms with Crippen LogP contribution in [-0.4, -0.2) is 61.0 Å². The summed E-state index contributed by atoms with van der Waals surface area (Å²) in [6.07, 6.45) is 4.61. The van der Waals surface area contributed by atoms with Gasteiger partial charge in [-0.2, -0.15) is 0 Å². The fraction of sp³-hybridized carbons (Fsp3) is 0.280. The summed E-state index contributed by atoms with van der Waals surface area (Å²) >= 11 is 1.63. The molecule has 1 atom stereocenters. The Labute approximate surface area is 200 Å². The van der Waals surface area contributed by atoms with Crippen LogP contribution in [0.1, 0.15) is 13.3 Å². The van der Waals surface area contributed by atoms with Crippen LogP contribution in [0.4, 0.5) is 5.00 Å². The fourth-order valence-electron chi connectivity index (χ4n) is 4.79. The van der Waals surface area contributed by atoms with Crippen LogP contribution < -0.4 is 4.90 Å². The van der Waals surface area contributed by atoms with Gasteiger partial charge in [-0.25, -0.2) is 15.0 Å². The quantitative estimate of drug-likeness (QED) is 0.416. The lowest BCUT2D eigenvalue weighted by atomic mass is 10.1. The Kier molecular flexibility index (Phi) is 5.26. The molecule has 1 saturated heterocycles. The van der Waals surface area contributed by atoms with Crippen LogP contribution in [0.25, 0.3) is 33.6 Å². The van der Waals surface area contributed by atoms with Crippen molar-refractivity contribution in [3.05, 3.63) is 60.4 Å². The highest BCUT2D eigenvalue weighted by molar-refractivity contribution is 7.14. The Morgan fingerprint density at radius 3 is 2.94 bits per heavy atom. The van der Waals surface area contributed by atoms with E-state index >= 15 is 0 Å². The molecule has 1 aliphatic rings. The predicted octanol–water partition coefficient (Wildman–Crippen LogP) is 4.16. The lowest BCUT2D eigenvalue weighted by molar-refractivity contribution is -0.134. The van der Waals surface area contributed by atoms with E-state index in [-0.39, 0.29) is 11.9 Å². The molecule has 0 saturated carbocycles. The minimum atomic E-state index is 0.136. The summed E-state index contributed by atoms with van der Waals surface area (Å²) in [5.41, 5.74) is 5.54. The van der Waals surface area contributed by atoms with Gasteiger partial charge in [-0.1, -0.05) is 19.1 Å². The van der Waals surface area contributed by atoms with E-state index in [1.54, 1.807) is 17.5 Å². The number of H-pyrrole nitrogens is 1. The molecule has 0 bridgehead atoms. The number of carbonyl (C=O) groups excluding carboxylic acids is 1. The van der Waals surface area contributed by atoms with Crippen LogP contribution in [0.15, 0.2) is 60.4 Å². The average molecular weight is 472 g/mol. The van der Waals surface area contributed by atoms with Crippen LogP contribution in [0.5, 0.6) is 0 Å². The van der Waals surface area contributed by atoms with E-state index in [0.29, 0.717) is 13.1 Å². The first-order valence-corrected chi connectivity index (χ1v) is 12.4. The first-order valence-electron chi connectivity index (χ1n) is 11.5. The Morgan fingerprint density at radius 2 is 2.06 bits per heavy atom. The van der Waals surface area contributed by atoms with Gasteiger partial charge in [-0.3, -0.25) is 4.79 Å². The van der Waals surface area contributed by atoms with Crippen LogP contribution in [0.3, 0.4) is 0 Å². The van der Waals surface area contributed by atoms with Crippen molar-refractivity contribution in [2.24, 2.45) is 0 Å². The second-order valence-corrected chi connectivity index (χ2v) is 9.40. The number of benzene rings is 1. The van der Waals surface area contributed by atoms with E-state index in [9.17, 15) is 4.79 Å². The first kappa shape index (κ1) is 20.9. The maximum Gasteiger partial charge on any atom is 0.242 e. The molecule has 1 aliphatic heterocycles. The zero-order valence-electron chi connectivity index (χ0n) is 18.9. The zero-order chi connectivity index (χ0) is 23.1. The summed E-state index contributed by atoms with van der Waals surface area (Å²) in [6.45, 7) is 4.68. The lowest BCUT2D eigenvalue weighted by Crippen LogP contribution is -2.55. The van der Waals surface area contributed by atoms with E-state index in [4.69, 9.17) is 4.98 Å². The fourth-order valence-corrected chi connectivity index (χ4v) is 5.63. The number of hydrogen-bond donors (Lipinski definition) is 1. The predicted molar refractivity (Wildman–Crippen MR) is 135 cm³/mol. The number of thiazole rings is 1. The van der Waals surface area contributed by atoms with Gasteiger partial charge in [0.05, 0.1) is 16.5 Å². The molecule has 34 heavy (non-hydrogen) atoms. The summed E-state index contributed by atoms with van der Waals surface area (Å²) in [5.74, 6) is 0.924. The normalized spacial score (nSPS) is 16.6. The number of aromatic amines is 1. The summed E-state index contributed by atoms with van der Waals surface area (Å²) in [7, 11) is 0. The second-order valence-electron chi connectivity index (χ2n) is 8.56. The molecule has 1 N–H and O–H groups in total. The Balaban J connectivity index is 1.21. The number of imidazole rings is 1. The van der Waals surface area contributed by atoms with Gasteiger partial charge in [-0.15, -0.1) is 11.3 Å². The van der Waals surface area contributed by atoms with E-state index in [1.165, 1.54) is 0 Å². The lowest BCUT2D eigenvalue weighted by Gasteiger charge is -2.41. The summed E-state index contributed by atoms with van der Waals surface area (Å²) < 4.78 is 1.94. The third-order valence-electron chi connectivity index (χ3n) is 6.55. The van der Waals surface area contributed by atoms with Crippen molar-refractivity contribution >= 4 is 44.3 Å². The molecule has 6 rings (SSSR count). The van der Waals surface area contributed by atoms with Crippen molar-refractivity contribution in [3.63, 3.8) is 0 Å². The van der Waals surface area contributed by atoms with Crippen molar-refractivity contribution in [1.82, 2.24) is 29.4 Å². The van der Waals surface area contributed by atoms with Gasteiger partial charge in [0.25, 0.3) is 0 Å². The Morgan fingerprint density at radius 1 is 1.15 bits per heavy atom. The molecular formula is C25H25N7OS. The van der Waals surface area contributed by atoms with E-state index < -0.39 is 0 Å². The second kappa shape index (κ2) is 8.57. The largest absolute Gasteiger partial charge is 0.358 e. The molecule has 0 aliphatic carbocycles. The number of amides is 1. The van der Waals surface area contributed by atoms with E-state index in [0.717, 1.165) is 58.1 Å². The molecule has 172 valence electrons. The van der Waals surface area contributed by atoms with Crippen molar-refractivity contribution in [1.29, 1.82) is 0 Å². The number of pyridine rings is 1. The van der Waals surface area contributed by atoms with Gasteiger partial charge in [0, 0.05) is 43.5 Å². The summed E-state index contributed by atoms with van der Waals surface area (Å²) in [5, 5.41) is 2.15. The van der Waals surface area contributed by atoms with Crippen LogP contribution >= 0.6 is 11.3 Å². The summed E-state index contributed by atoms with van der Waals surface area (Å²) in [6, 6.07) is 14.1. The van der Waals surface area contributed by atoms with Crippen molar-refractivity contribution < 1.29 is 4.79 Å². The molecule has 1 aromatic carbocycles. The van der Waals surface area contributed by atoms with Crippen molar-refractivity contribution in [2.75, 3.05) is 24.5 Å². The number of para-hydroxylation sites is 2. The molecule has 5 aromatic rings. The van der Waals surface area contributed by atoms with E-state index in [1.807, 2.05) is 63.6 Å². The topological polar surface area (TPSA) is 82.9 Å². The van der Waals surface area contributed by atoms with Gasteiger partial charge in [0.15, 0.2) is 5.82 Å². The number of aromatic nitrogens is 5. The number of hydrogen-bond acceptors (Lipinski definition) is 6. The van der Waals surface area contributed by atoms with Crippen LogP contribution in [0.2, 0.25) is 0 Å². The smallest absolute Gasteiger partial charge is 0.242 e. The third-order valence-corrected chi connectivity index (χ3v) is 7.44. The minimum absolute atomic E-state index is 0.136. The molecule has 0 spiro atoms. The minimum Gasteiger partial charge on any atom is -0.358 e. The SMILES string of the molecule is CC[C@@H]1CN(c2scnc2-c2nc3ccccc3[nH]2)CCN1C(=O)Cn1ccc2cccnc21. The zero-order valence-corrected chi connectivity index (χ0v) is 19.7. The molecule has 0 radical (unpaired) electrons. The van der Waals surface area contributed by atoms with Gasteiger partial charge >= 0.3 is 0 Å². The maximum absolute atomic E-state index is 13.3. The molecule has 8 nitrogen and oxygen atoms in total. The number of piperazine rings is 1. The highest BCUT2D eigenvalue weighted by Crippen LogP contribution is 2.34. The monoisotopic (exact) mass is 471 g/mol. The molecule has 9 heteroatoms. The number of fused-ring (bicyclic) bond motifs is 2. The third kappa shape index (κ3) is 3.62. The van der Waals surface area contributed by atoms with Crippen molar-refractivity contribution in [3.8, 4) is 11.5 Å². The van der Waals surface area contributed by atoms with Gasteiger partial charge in [0.1, 0.15) is 22.9 Å². The average Bonchev–Trinajstić information content (AvgIpc) is 3.61. The number of rotatable bonds is 5. The molecule has 4 aromatic heterocycles. The molecule has 1 amide bonds. The maximum atomic E-state index is 13.3. The van der Waals surface area contributed by atoms with E-state index in [2.05, 4.69) is 26.8 Å². The highest BCUT2D eigenvalue weighted by Gasteiger charge is 2.31. The Bertz CT molecular complexity index is 1440. The standard InChI is InChI=1S/C25H25N7OS/c1-2-18-14-31(25-22(27-16-34-25)23-28-19-7-3-4-8-20(19)29-23)12-13-32(18)21(33)15-30-11-9-17-6-5-10-26-24(17)30/h3-11,16,18H,2,12-15H2,1H3,(H,28,29)/t18-/m1/s1. The number of nitrogens with zero attached hydrogens (tertiary/aromatic N) is 6. The van der Waals surface area contributed by atoms with Crippen molar-refractivity contribution in [2.45, 2.75) is 25.9 Å². The molecule has 5 heterocycles. The van der Waals surface area contributed by atoms with Crippen LogP contribution in [-0.2, 0) is 11.3 Å². The number of nitrogens with one attached hydrogen (secondary N) is 1. The Hall–Kier alpha value is -3.72. The number of anilines is 1. The summed E-state index contributed by atoms with van der Waals surface area (Å²) in [4.78, 5) is 34.9. The van der Waals surface area contributed by atoms with Gasteiger partial charge in [0.2, 0.25) is 5.91 Å². The molecular weight excluding hydrogens is 446 g/mol. The molecule has 1 fully saturated rings. The van der Waals surface area contributed by atoms with Gasteiger partial charge < -0.3 is 19.4 Å². The highest BCUT2D eigenvalue weighted by atomic mass is 32.1. The number of carbonyl (C=O) groups is 1. The van der Waals surface area contributed by atoms with Gasteiger partial charge in [-0.05, 0) is 36.8 Å².